The van der Waals surface area contributed by atoms with Crippen molar-refractivity contribution in [2.24, 2.45) is 17.4 Å². The molecule has 1 amide bonds. The number of anilines is 1. The Bertz CT molecular complexity index is 397. The van der Waals surface area contributed by atoms with E-state index in [4.69, 9.17) is 11.5 Å². The van der Waals surface area contributed by atoms with Crippen LogP contribution in [0, 0.1) is 5.92 Å². The monoisotopic (exact) mass is 249 g/mol. The summed E-state index contributed by atoms with van der Waals surface area (Å²) >= 11 is 0. The van der Waals surface area contributed by atoms with Gasteiger partial charge in [-0.1, -0.05) is 0 Å². The lowest BCUT2D eigenvalue weighted by atomic mass is 9.93. The summed E-state index contributed by atoms with van der Waals surface area (Å²) in [6.45, 7) is 2.21. The van der Waals surface area contributed by atoms with Gasteiger partial charge in [0.05, 0.1) is 0 Å². The fraction of sp³-hybridized carbons (Fsp3) is 0.583. The first kappa shape index (κ1) is 12.8. The second-order valence-corrected chi connectivity index (χ2v) is 4.70. The molecule has 98 valence electrons. The van der Waals surface area contributed by atoms with E-state index < -0.39 is 0 Å². The first-order chi connectivity index (χ1) is 8.69. The summed E-state index contributed by atoms with van der Waals surface area (Å²) in [5, 5.41) is 0. The molecule has 1 aromatic rings. The average molecular weight is 249 g/mol. The molecule has 1 aliphatic heterocycles. The number of primary amides is 1. The summed E-state index contributed by atoms with van der Waals surface area (Å²) in [4.78, 5) is 21.6. The highest BCUT2D eigenvalue weighted by molar-refractivity contribution is 5.74. The van der Waals surface area contributed by atoms with Gasteiger partial charge in [0.2, 0.25) is 11.9 Å². The number of hydrogen-bond donors (Lipinski definition) is 2. The van der Waals surface area contributed by atoms with Crippen molar-refractivity contribution in [2.45, 2.75) is 25.8 Å². The normalized spacial score (nSPS) is 16.8. The van der Waals surface area contributed by atoms with Crippen molar-refractivity contribution in [3.8, 4) is 0 Å². The number of nitrogens with zero attached hydrogens (tertiary/aromatic N) is 3. The predicted octanol–water partition coefficient (Wildman–Crippen LogP) is 0.0271. The second kappa shape index (κ2) is 5.77. The molecule has 0 saturated carbocycles. The molecule has 2 rings (SSSR count). The summed E-state index contributed by atoms with van der Waals surface area (Å²) in [6.07, 6.45) is 5.94. The summed E-state index contributed by atoms with van der Waals surface area (Å²) in [5.41, 5.74) is 11.7. The number of piperidine rings is 1. The fourth-order valence-electron chi connectivity index (χ4n) is 2.24. The van der Waals surface area contributed by atoms with E-state index in [0.29, 0.717) is 18.9 Å². The molecule has 1 aliphatic rings. The van der Waals surface area contributed by atoms with Crippen molar-refractivity contribution < 1.29 is 4.79 Å². The molecule has 0 radical (unpaired) electrons. The third kappa shape index (κ3) is 3.16. The van der Waals surface area contributed by atoms with Gasteiger partial charge in [-0.3, -0.25) is 4.79 Å². The minimum atomic E-state index is -0.211. The molecule has 1 aromatic heterocycles. The molecule has 0 spiro atoms. The summed E-state index contributed by atoms with van der Waals surface area (Å²) in [6, 6.07) is 0. The lowest BCUT2D eigenvalue weighted by Gasteiger charge is -2.31. The number of carbonyl (C=O) groups is 1. The van der Waals surface area contributed by atoms with Gasteiger partial charge < -0.3 is 16.4 Å². The maximum atomic E-state index is 10.9. The highest BCUT2D eigenvalue weighted by Gasteiger charge is 2.21. The van der Waals surface area contributed by atoms with E-state index in [2.05, 4.69) is 14.9 Å². The fourth-order valence-corrected chi connectivity index (χ4v) is 2.24. The summed E-state index contributed by atoms with van der Waals surface area (Å²) < 4.78 is 0. The number of hydrogen-bond acceptors (Lipinski definition) is 5. The van der Waals surface area contributed by atoms with Crippen LogP contribution < -0.4 is 16.4 Å². The molecule has 0 bridgehead atoms. The van der Waals surface area contributed by atoms with E-state index in [1.54, 1.807) is 12.4 Å². The zero-order valence-electron chi connectivity index (χ0n) is 10.4. The Balaban J connectivity index is 1.90. The molecule has 1 fully saturated rings. The van der Waals surface area contributed by atoms with Crippen LogP contribution in [0.1, 0.15) is 24.8 Å². The van der Waals surface area contributed by atoms with Gasteiger partial charge >= 0.3 is 0 Å². The van der Waals surface area contributed by atoms with Crippen LogP contribution in [0.2, 0.25) is 0 Å². The van der Waals surface area contributed by atoms with Crippen molar-refractivity contribution in [1.82, 2.24) is 9.97 Å². The van der Waals surface area contributed by atoms with Crippen LogP contribution in [0.3, 0.4) is 0 Å². The quantitative estimate of drug-likeness (QED) is 0.784. The molecule has 1 saturated heterocycles. The van der Waals surface area contributed by atoms with Gasteiger partial charge in [-0.15, -0.1) is 0 Å². The minimum Gasteiger partial charge on any atom is -0.370 e. The van der Waals surface area contributed by atoms with Gasteiger partial charge in [0, 0.05) is 44.0 Å². The van der Waals surface area contributed by atoms with Crippen molar-refractivity contribution >= 4 is 11.9 Å². The summed E-state index contributed by atoms with van der Waals surface area (Å²) in [5.74, 6) is 0.934. The maximum absolute atomic E-state index is 10.9. The Kier molecular flexibility index (Phi) is 4.09. The van der Waals surface area contributed by atoms with Gasteiger partial charge in [-0.25, -0.2) is 9.97 Å². The number of amides is 1. The van der Waals surface area contributed by atoms with Crippen molar-refractivity contribution in [3.63, 3.8) is 0 Å². The lowest BCUT2D eigenvalue weighted by Crippen LogP contribution is -2.36. The first-order valence-corrected chi connectivity index (χ1v) is 6.23. The topological polar surface area (TPSA) is 98.1 Å². The van der Waals surface area contributed by atoms with Crippen LogP contribution in [0.25, 0.3) is 0 Å². The van der Waals surface area contributed by atoms with E-state index in [-0.39, 0.29) is 5.91 Å². The van der Waals surface area contributed by atoms with E-state index >= 15 is 0 Å². The lowest BCUT2D eigenvalue weighted by molar-refractivity contribution is -0.119. The van der Waals surface area contributed by atoms with Crippen LogP contribution >= 0.6 is 0 Å². The van der Waals surface area contributed by atoms with Gasteiger partial charge in [0.1, 0.15) is 0 Å². The Morgan fingerprint density at radius 2 is 1.94 bits per heavy atom. The molecular formula is C12H19N5O. The largest absolute Gasteiger partial charge is 0.370 e. The minimum absolute atomic E-state index is 0.211. The Morgan fingerprint density at radius 3 is 2.44 bits per heavy atom. The highest BCUT2D eigenvalue weighted by atomic mass is 16.1. The molecule has 6 nitrogen and oxygen atoms in total. The van der Waals surface area contributed by atoms with Crippen LogP contribution in [0.5, 0.6) is 0 Å². The number of rotatable bonds is 4. The molecule has 18 heavy (non-hydrogen) atoms. The number of aromatic nitrogens is 2. The highest BCUT2D eigenvalue weighted by Crippen LogP contribution is 2.22. The van der Waals surface area contributed by atoms with Crippen molar-refractivity contribution in [1.29, 1.82) is 0 Å². The second-order valence-electron chi connectivity index (χ2n) is 4.70. The maximum Gasteiger partial charge on any atom is 0.225 e. The van der Waals surface area contributed by atoms with Crippen molar-refractivity contribution in [2.75, 3.05) is 18.0 Å². The first-order valence-electron chi connectivity index (χ1n) is 6.23. The smallest absolute Gasteiger partial charge is 0.225 e. The van der Waals surface area contributed by atoms with E-state index in [0.717, 1.165) is 37.4 Å². The van der Waals surface area contributed by atoms with Crippen LogP contribution in [0.4, 0.5) is 5.95 Å². The van der Waals surface area contributed by atoms with Crippen LogP contribution in [-0.2, 0) is 11.3 Å². The number of carbonyl (C=O) groups excluding carboxylic acids is 1. The zero-order valence-corrected chi connectivity index (χ0v) is 10.4. The molecule has 6 heteroatoms. The van der Waals surface area contributed by atoms with E-state index in [9.17, 15) is 4.79 Å². The molecule has 2 heterocycles. The average Bonchev–Trinajstić information content (AvgIpc) is 2.39. The standard InChI is InChI=1S/C12H19N5O/c13-6-10-7-15-12(16-8-10)17-3-1-9(2-4-17)5-11(14)18/h7-9H,1-6,13H2,(H2,14,18). The molecule has 0 aliphatic carbocycles. The third-order valence-corrected chi connectivity index (χ3v) is 3.31. The van der Waals surface area contributed by atoms with Gasteiger partial charge in [-0.2, -0.15) is 0 Å². The third-order valence-electron chi connectivity index (χ3n) is 3.31. The summed E-state index contributed by atoms with van der Waals surface area (Å²) in [7, 11) is 0. The molecule has 0 aromatic carbocycles. The van der Waals surface area contributed by atoms with Crippen LogP contribution in [0.15, 0.2) is 12.4 Å². The van der Waals surface area contributed by atoms with Gasteiger partial charge in [-0.05, 0) is 18.8 Å². The Labute approximate surface area is 106 Å². The zero-order chi connectivity index (χ0) is 13.0. The Morgan fingerprint density at radius 1 is 1.33 bits per heavy atom. The van der Waals surface area contributed by atoms with E-state index in [1.807, 2.05) is 0 Å². The number of nitrogens with two attached hydrogens (primary N) is 2. The van der Waals surface area contributed by atoms with Gasteiger partial charge in [0.15, 0.2) is 0 Å². The van der Waals surface area contributed by atoms with Crippen LogP contribution in [-0.4, -0.2) is 29.0 Å². The predicted molar refractivity (Wildman–Crippen MR) is 68.7 cm³/mol. The Hall–Kier alpha value is -1.69. The SMILES string of the molecule is NCc1cnc(N2CCC(CC(N)=O)CC2)nc1. The van der Waals surface area contributed by atoms with Gasteiger partial charge in [0.25, 0.3) is 0 Å². The molecule has 0 unspecified atom stereocenters. The molecule has 0 atom stereocenters. The van der Waals surface area contributed by atoms with E-state index in [1.165, 1.54) is 0 Å². The molecular weight excluding hydrogens is 230 g/mol. The molecule has 4 N–H and O–H groups in total. The van der Waals surface area contributed by atoms with Crippen molar-refractivity contribution in [3.05, 3.63) is 18.0 Å².